The van der Waals surface area contributed by atoms with E-state index >= 15 is 0 Å². The van der Waals surface area contributed by atoms with Crippen molar-refractivity contribution >= 4 is 106 Å². The smallest absolute Gasteiger partial charge is 0.397 e. The highest BCUT2D eigenvalue weighted by molar-refractivity contribution is 7.82. The molecule has 25 unspecified atom stereocenters. The van der Waals surface area contributed by atoms with E-state index in [0.29, 0.717) is 7.11 Å². The number of carboxylic acid groups (broad SMARTS) is 2. The van der Waals surface area contributed by atoms with Crippen molar-refractivity contribution in [2.24, 2.45) is 0 Å². The van der Waals surface area contributed by atoms with Gasteiger partial charge in [-0.3, -0.25) is 41.0 Å². The number of unbranched alkanes of at least 4 members (excludes halogenated alkanes) is 2. The summed E-state index contributed by atoms with van der Waals surface area (Å²) < 4.78 is 431. The second-order valence-corrected chi connectivity index (χ2v) is 31.2. The van der Waals surface area contributed by atoms with Crippen molar-refractivity contribution in [3.63, 3.8) is 0 Å². The van der Waals surface area contributed by atoms with E-state index in [1.807, 2.05) is 0 Å². The predicted octanol–water partition coefficient (Wildman–Crippen LogP) is -7.69. The molecule has 64 heteroatoms. The van der Waals surface area contributed by atoms with Gasteiger partial charge in [0.15, 0.2) is 68.1 Å². The Labute approximate surface area is 595 Å². The number of carboxylic acids is 2. The fourth-order valence-electron chi connectivity index (χ4n) is 10.6. The van der Waals surface area contributed by atoms with Gasteiger partial charge in [0.05, 0.1) is 19.8 Å². The number of hydrogen-bond acceptors (Lipinski definition) is 44. The molecule has 5 aliphatic rings. The van der Waals surface area contributed by atoms with Gasteiger partial charge in [-0.15, -0.1) is 0 Å². The molecule has 5 saturated heterocycles. The van der Waals surface area contributed by atoms with Gasteiger partial charge in [0, 0.05) is 34.5 Å². The van der Waals surface area contributed by atoms with Crippen LogP contribution in [0.5, 0.6) is 0 Å². The molecule has 0 radical (unpaired) electrons. The molecule has 0 spiro atoms. The van der Waals surface area contributed by atoms with Crippen molar-refractivity contribution in [2.45, 2.75) is 193 Å². The fraction of sp³-hybridized carbons (Fsp3) is 0.951. The summed E-state index contributed by atoms with van der Waals surface area (Å²) in [7, 11) is -51.9. The largest absolute Gasteiger partial charge is 0.479 e. The fourth-order valence-corrected chi connectivity index (χ4v) is 14.5. The molecule has 5 fully saturated rings. The monoisotopic (exact) mass is 1730 g/mol. The van der Waals surface area contributed by atoms with E-state index in [2.05, 4.69) is 29.3 Å². The Morgan fingerprint density at radius 2 is 0.581 bits per heavy atom. The Kier molecular flexibility index (Phi) is 33.3. The van der Waals surface area contributed by atoms with Crippen molar-refractivity contribution in [2.75, 3.05) is 54.4 Å². The lowest BCUT2D eigenvalue weighted by molar-refractivity contribution is -0.387. The number of aliphatic carboxylic acids is 2. The zero-order valence-electron chi connectivity index (χ0n) is 53.4. The summed E-state index contributed by atoms with van der Waals surface area (Å²) in [5, 5.41) is 32.4. The third-order valence-corrected chi connectivity index (χ3v) is 18.5. The average Bonchev–Trinajstić information content (AvgIpc) is 0.756. The van der Waals surface area contributed by atoms with Crippen LogP contribution in [0.1, 0.15) is 39.5 Å². The summed E-state index contributed by atoms with van der Waals surface area (Å²) in [5.74, 6) is -4.75. The number of aliphatic hydroxyl groups is 1. The molecular weight excluding hydrogens is 1660 g/mol. The average molecular weight is 1730 g/mol. The Hall–Kier alpha value is -2.83. The minimum absolute atomic E-state index is 0.00128. The molecule has 5 heterocycles. The van der Waals surface area contributed by atoms with Gasteiger partial charge in [-0.1, -0.05) is 26.7 Å². The maximum atomic E-state index is 13.6. The lowest BCUT2D eigenvalue weighted by Crippen LogP contribution is -2.70. The first kappa shape index (κ1) is 92.8. The molecule has 12 N–H and O–H groups in total. The molecule has 0 aliphatic carbocycles. The van der Waals surface area contributed by atoms with Gasteiger partial charge in [0.1, 0.15) is 85.5 Å². The SMILES string of the molecule is CCCCOC1C(OC2C(COS(=O)(=O)O)OC(OC3C(C(=O)O)OC(OC4C(COS(=O)(=O)O)OC(O)C(OS(=O)(=O)O)C4OS(=O)(=O)O)C(OS(=O)(=O)O)C3OC)C(OS(=O)(=O)O)C2OS(=O)(=O)O)OC(C(=O)O)C(OC2OC(COS(=O)(=O)O)C(OC)C(OC)C2OS(=O)(=O)O)C1OCCCC. The van der Waals surface area contributed by atoms with Gasteiger partial charge in [0.25, 0.3) is 0 Å². The second-order valence-electron chi connectivity index (χ2n) is 21.6. The molecule has 0 amide bonds. The van der Waals surface area contributed by atoms with Crippen LogP contribution in [0.3, 0.4) is 0 Å². The van der Waals surface area contributed by atoms with Crippen LogP contribution in [0.25, 0.3) is 0 Å². The molecule has 55 nitrogen and oxygen atoms in total. The van der Waals surface area contributed by atoms with Crippen LogP contribution in [-0.4, -0.2) is 352 Å². The van der Waals surface area contributed by atoms with Crippen molar-refractivity contribution in [3.05, 3.63) is 0 Å². The van der Waals surface area contributed by atoms with Crippen LogP contribution in [0, 0.1) is 0 Å². The number of ether oxygens (including phenoxy) is 14. The number of rotatable bonds is 42. The molecule has 5 aliphatic heterocycles. The summed E-state index contributed by atoms with van der Waals surface area (Å²) in [5.41, 5.74) is 0. The van der Waals surface area contributed by atoms with E-state index in [0.717, 1.165) is 14.2 Å². The Morgan fingerprint density at radius 3 is 0.914 bits per heavy atom. The van der Waals surface area contributed by atoms with Crippen LogP contribution < -0.4 is 0 Å². The van der Waals surface area contributed by atoms with Crippen LogP contribution in [0.15, 0.2) is 0 Å². The minimum atomic E-state index is -6.41. The van der Waals surface area contributed by atoms with Crippen molar-refractivity contribution < 1.29 is 246 Å². The van der Waals surface area contributed by atoms with Crippen molar-refractivity contribution in [3.8, 4) is 0 Å². The van der Waals surface area contributed by atoms with Gasteiger partial charge >= 0.3 is 106 Å². The van der Waals surface area contributed by atoms with Gasteiger partial charge in [-0.05, 0) is 12.8 Å². The third-order valence-electron chi connectivity index (χ3n) is 14.4. The highest BCUT2D eigenvalue weighted by Crippen LogP contribution is 2.42. The second kappa shape index (κ2) is 37.7. The molecule has 0 saturated carbocycles. The van der Waals surface area contributed by atoms with Gasteiger partial charge in [-0.2, -0.15) is 75.8 Å². The summed E-state index contributed by atoms with van der Waals surface area (Å²) in [6, 6.07) is 0. The number of aliphatic hydroxyl groups excluding tert-OH is 1. The highest BCUT2D eigenvalue weighted by atomic mass is 32.3. The van der Waals surface area contributed by atoms with E-state index in [-0.39, 0.29) is 25.7 Å². The molecule has 5 rings (SSSR count). The number of carbonyl (C=O) groups is 2. The molecule has 25 atom stereocenters. The topological polar surface area (TPSA) is 796 Å². The molecule has 0 bridgehead atoms. The first-order valence-corrected chi connectivity index (χ1v) is 40.9. The van der Waals surface area contributed by atoms with Crippen LogP contribution in [-0.2, 0) is 207 Å². The van der Waals surface area contributed by atoms with E-state index in [9.17, 15) is 142 Å². The Balaban J connectivity index is 1.75. The standard InChI is InChI=1S/C41H70O55S9/c1-6-8-10-77-23-25(88-39-32(94-103(65,66)67)21(75-4)18(74-3)15(83-39)12-79-97(47,48)49)29(36(44)45)89-38(31(23)78-11-9-7-2)85-20-17(14-81-99(53,54)55)84-40(34(96-105(71,72)73)27(20)92-101(59,60)61)87-24-22(76-5)33(95-104(68,69)70)41(90-28(24)35(42)43)86-19-16(13-80-98(50,51)52)82-37(46)30(93-102(62,63)64)26(19)91-100(56,57)58/h15-34,37-41,46H,6-14H2,1-5H3,(H,42,43)(H,44,45)(H,47,48,49)(H,50,51,52)(H,53,54,55)(H,56,57,58)(H,59,60,61)(H,62,63,64)(H,65,66,67)(H,68,69,70)(H,71,72,73). The van der Waals surface area contributed by atoms with E-state index < -0.39 is 292 Å². The summed E-state index contributed by atoms with van der Waals surface area (Å²) in [6.45, 7) is -2.99. The number of methoxy groups -OCH3 is 3. The van der Waals surface area contributed by atoms with Gasteiger partial charge < -0.3 is 81.6 Å². The van der Waals surface area contributed by atoms with E-state index in [1.165, 1.54) is 0 Å². The van der Waals surface area contributed by atoms with E-state index in [1.54, 1.807) is 13.8 Å². The predicted molar refractivity (Wildman–Crippen MR) is 313 cm³/mol. The molecule has 105 heavy (non-hydrogen) atoms. The summed E-state index contributed by atoms with van der Waals surface area (Å²) >= 11 is 0. The van der Waals surface area contributed by atoms with Crippen molar-refractivity contribution in [1.82, 2.24) is 0 Å². The first-order chi connectivity index (χ1) is 48.0. The molecule has 0 aromatic heterocycles. The van der Waals surface area contributed by atoms with Crippen molar-refractivity contribution in [1.29, 1.82) is 0 Å². The van der Waals surface area contributed by atoms with Gasteiger partial charge in [-0.25, -0.2) is 47.2 Å². The Morgan fingerprint density at radius 1 is 0.314 bits per heavy atom. The molecule has 618 valence electrons. The normalized spacial score (nSPS) is 35.2. The number of hydrogen-bond donors (Lipinski definition) is 12. The van der Waals surface area contributed by atoms with Crippen LogP contribution in [0.2, 0.25) is 0 Å². The maximum Gasteiger partial charge on any atom is 0.397 e. The Bertz CT molecular complexity index is 3960. The molecule has 0 aromatic rings. The lowest BCUT2D eigenvalue weighted by Gasteiger charge is -2.51. The lowest BCUT2D eigenvalue weighted by atomic mass is 9.94. The molecule has 0 aromatic carbocycles. The van der Waals surface area contributed by atoms with Gasteiger partial charge in [0.2, 0.25) is 0 Å². The summed E-state index contributed by atoms with van der Waals surface area (Å²) in [6.07, 6.45) is -69.5. The molecular formula is C41H70O55S9. The highest BCUT2D eigenvalue weighted by Gasteiger charge is 2.63. The maximum absolute atomic E-state index is 13.6. The minimum Gasteiger partial charge on any atom is -0.479 e. The van der Waals surface area contributed by atoms with Crippen LogP contribution in [0.4, 0.5) is 0 Å². The zero-order chi connectivity index (χ0) is 79.7. The third kappa shape index (κ3) is 29.0. The quantitative estimate of drug-likeness (QED) is 0.0199. The first-order valence-electron chi connectivity index (χ1n) is 28.6. The zero-order valence-corrected chi connectivity index (χ0v) is 60.7. The van der Waals surface area contributed by atoms with E-state index in [4.69, 9.17) is 74.7 Å². The van der Waals surface area contributed by atoms with Crippen LogP contribution >= 0.6 is 0 Å². The summed E-state index contributed by atoms with van der Waals surface area (Å²) in [4.78, 5) is 27.1.